The number of benzene rings is 2. The van der Waals surface area contributed by atoms with Gasteiger partial charge in [0.15, 0.2) is 0 Å². The Kier molecular flexibility index (Phi) is 4.18. The van der Waals surface area contributed by atoms with Crippen molar-refractivity contribution in [3.05, 3.63) is 59.4 Å². The summed E-state index contributed by atoms with van der Waals surface area (Å²) in [6, 6.07) is 11.3. The number of fused-ring (bicyclic) bond motifs is 1. The van der Waals surface area contributed by atoms with E-state index in [9.17, 15) is 9.18 Å². The number of ether oxygens (including phenoxy) is 1. The van der Waals surface area contributed by atoms with Crippen molar-refractivity contribution < 1.29 is 13.9 Å². The Hall–Kier alpha value is -2.56. The van der Waals surface area contributed by atoms with Gasteiger partial charge in [0.1, 0.15) is 17.2 Å². The Morgan fingerprint density at radius 3 is 2.62 bits per heavy atom. The number of amides is 2. The van der Waals surface area contributed by atoms with Gasteiger partial charge >= 0.3 is 6.03 Å². The molecule has 2 amide bonds. The molecule has 0 saturated carbocycles. The summed E-state index contributed by atoms with van der Waals surface area (Å²) in [5, 5.41) is 5.73. The summed E-state index contributed by atoms with van der Waals surface area (Å²) in [5.41, 5.74) is 2.06. The van der Waals surface area contributed by atoms with E-state index in [2.05, 4.69) is 10.6 Å². The molecule has 0 radical (unpaired) electrons. The third-order valence-corrected chi connectivity index (χ3v) is 4.04. The third kappa shape index (κ3) is 3.67. The Morgan fingerprint density at radius 2 is 1.92 bits per heavy atom. The van der Waals surface area contributed by atoms with Crippen molar-refractivity contribution in [2.24, 2.45) is 0 Å². The van der Waals surface area contributed by atoms with Crippen LogP contribution in [0.1, 0.15) is 37.4 Å². The summed E-state index contributed by atoms with van der Waals surface area (Å²) >= 11 is 0. The Morgan fingerprint density at radius 1 is 1.21 bits per heavy atom. The van der Waals surface area contributed by atoms with Crippen molar-refractivity contribution in [1.29, 1.82) is 0 Å². The molecule has 1 aliphatic heterocycles. The van der Waals surface area contributed by atoms with Crippen molar-refractivity contribution in [2.75, 3.05) is 5.32 Å². The van der Waals surface area contributed by atoms with Crippen LogP contribution in [0.5, 0.6) is 5.75 Å². The second-order valence-electron chi connectivity index (χ2n) is 6.77. The van der Waals surface area contributed by atoms with Gasteiger partial charge in [-0.1, -0.05) is 17.7 Å². The molecule has 4 nitrogen and oxygen atoms in total. The molecular weight excluding hydrogens is 307 g/mol. The summed E-state index contributed by atoms with van der Waals surface area (Å²) in [5.74, 6) is 0.260. The number of aryl methyl sites for hydroxylation is 1. The third-order valence-electron chi connectivity index (χ3n) is 4.04. The van der Waals surface area contributed by atoms with E-state index in [1.54, 1.807) is 6.07 Å². The van der Waals surface area contributed by atoms with Gasteiger partial charge < -0.3 is 15.4 Å². The Bertz CT molecular complexity index is 756. The summed E-state index contributed by atoms with van der Waals surface area (Å²) in [7, 11) is 0. The highest BCUT2D eigenvalue weighted by Gasteiger charge is 2.34. The molecule has 5 heteroatoms. The highest BCUT2D eigenvalue weighted by molar-refractivity contribution is 5.89. The lowest BCUT2D eigenvalue weighted by atomic mass is 9.89. The molecule has 0 unspecified atom stereocenters. The van der Waals surface area contributed by atoms with Gasteiger partial charge in [-0.2, -0.15) is 0 Å². The second-order valence-corrected chi connectivity index (χ2v) is 6.77. The lowest BCUT2D eigenvalue weighted by molar-refractivity contribution is 0.0680. The summed E-state index contributed by atoms with van der Waals surface area (Å²) in [4.78, 5) is 12.3. The van der Waals surface area contributed by atoms with Crippen molar-refractivity contribution in [1.82, 2.24) is 5.32 Å². The lowest BCUT2D eigenvalue weighted by Gasteiger charge is -2.37. The number of rotatable bonds is 2. The first kappa shape index (κ1) is 16.3. The lowest BCUT2D eigenvalue weighted by Crippen LogP contribution is -2.42. The van der Waals surface area contributed by atoms with Crippen molar-refractivity contribution in [2.45, 2.75) is 38.8 Å². The molecule has 3 rings (SSSR count). The minimum absolute atomic E-state index is 0.315. The normalized spacial score (nSPS) is 18.2. The summed E-state index contributed by atoms with van der Waals surface area (Å²) < 4.78 is 19.5. The zero-order valence-corrected chi connectivity index (χ0v) is 14.0. The van der Waals surface area contributed by atoms with Crippen LogP contribution in [-0.4, -0.2) is 11.6 Å². The van der Waals surface area contributed by atoms with Crippen LogP contribution < -0.4 is 15.4 Å². The topological polar surface area (TPSA) is 50.4 Å². The number of anilines is 1. The highest BCUT2D eigenvalue weighted by atomic mass is 19.1. The molecule has 0 saturated heterocycles. The van der Waals surface area contributed by atoms with Gasteiger partial charge in [0, 0.05) is 17.7 Å². The maximum atomic E-state index is 13.6. The van der Waals surface area contributed by atoms with Crippen LogP contribution in [0.2, 0.25) is 0 Å². The van der Waals surface area contributed by atoms with Crippen LogP contribution in [0.3, 0.4) is 0 Å². The molecule has 24 heavy (non-hydrogen) atoms. The van der Waals surface area contributed by atoms with E-state index in [0.29, 0.717) is 23.4 Å². The smallest absolute Gasteiger partial charge is 0.319 e. The molecule has 0 bridgehead atoms. The van der Waals surface area contributed by atoms with Crippen LogP contribution in [-0.2, 0) is 0 Å². The molecule has 2 aromatic rings. The van der Waals surface area contributed by atoms with Crippen LogP contribution >= 0.6 is 0 Å². The average Bonchev–Trinajstić information content (AvgIpc) is 2.49. The van der Waals surface area contributed by atoms with E-state index in [1.807, 2.05) is 45.0 Å². The Labute approximate surface area is 141 Å². The molecule has 1 aliphatic rings. The van der Waals surface area contributed by atoms with E-state index in [0.717, 1.165) is 5.56 Å². The predicted octanol–water partition coefficient (Wildman–Crippen LogP) is 4.56. The molecule has 126 valence electrons. The number of carbonyl (C=O) groups is 1. The van der Waals surface area contributed by atoms with Gasteiger partial charge in [-0.25, -0.2) is 9.18 Å². The number of nitrogens with one attached hydrogen (secondary N) is 2. The van der Waals surface area contributed by atoms with Crippen LogP contribution in [0.4, 0.5) is 14.9 Å². The standard InChI is InChI=1S/C19H21FN2O2/c1-12-4-7-14(8-5-12)21-18(23)22-16-11-19(2,3)24-17-9-6-13(20)10-15(16)17/h4-10,16H,11H2,1-3H3,(H2,21,22,23)/t16-/m1/s1. The van der Waals surface area contributed by atoms with Crippen LogP contribution in [0, 0.1) is 12.7 Å². The predicted molar refractivity (Wildman–Crippen MR) is 91.8 cm³/mol. The van der Waals surface area contributed by atoms with Crippen molar-refractivity contribution in [3.63, 3.8) is 0 Å². The largest absolute Gasteiger partial charge is 0.487 e. The van der Waals surface area contributed by atoms with Gasteiger partial charge in [-0.3, -0.25) is 0 Å². The highest BCUT2D eigenvalue weighted by Crippen LogP contribution is 2.39. The molecule has 2 N–H and O–H groups in total. The maximum absolute atomic E-state index is 13.6. The van der Waals surface area contributed by atoms with Crippen LogP contribution in [0.15, 0.2) is 42.5 Å². The van der Waals surface area contributed by atoms with Crippen LogP contribution in [0.25, 0.3) is 0 Å². The van der Waals surface area contributed by atoms with Gasteiger partial charge in [0.2, 0.25) is 0 Å². The zero-order valence-electron chi connectivity index (χ0n) is 14.0. The monoisotopic (exact) mass is 328 g/mol. The molecule has 0 spiro atoms. The number of hydrogen-bond acceptors (Lipinski definition) is 2. The molecule has 2 aromatic carbocycles. The van der Waals surface area contributed by atoms with E-state index in [-0.39, 0.29) is 17.9 Å². The fourth-order valence-electron chi connectivity index (χ4n) is 2.92. The first-order chi connectivity index (χ1) is 11.3. The number of carbonyl (C=O) groups excluding carboxylic acids is 1. The zero-order chi connectivity index (χ0) is 17.3. The fourth-order valence-corrected chi connectivity index (χ4v) is 2.92. The number of urea groups is 1. The molecule has 0 aliphatic carbocycles. The summed E-state index contributed by atoms with van der Waals surface area (Å²) in [6.07, 6.45) is 0.560. The van der Waals surface area contributed by atoms with E-state index >= 15 is 0 Å². The van der Waals surface area contributed by atoms with Gasteiger partial charge in [-0.15, -0.1) is 0 Å². The molecule has 1 heterocycles. The first-order valence-electron chi connectivity index (χ1n) is 7.95. The minimum atomic E-state index is -0.438. The van der Waals surface area contributed by atoms with E-state index in [4.69, 9.17) is 4.74 Å². The van der Waals surface area contributed by atoms with Crippen molar-refractivity contribution >= 4 is 11.7 Å². The SMILES string of the molecule is Cc1ccc(NC(=O)N[C@@H]2CC(C)(C)Oc3ccc(F)cc32)cc1. The number of halogens is 1. The molecule has 0 fully saturated rings. The number of hydrogen-bond donors (Lipinski definition) is 2. The van der Waals surface area contributed by atoms with Crippen molar-refractivity contribution in [3.8, 4) is 5.75 Å². The summed E-state index contributed by atoms with van der Waals surface area (Å²) in [6.45, 7) is 5.89. The molecular formula is C19H21FN2O2. The second kappa shape index (κ2) is 6.15. The minimum Gasteiger partial charge on any atom is -0.487 e. The molecule has 1 atom stereocenters. The fraction of sp³-hybridized carbons (Fsp3) is 0.316. The Balaban J connectivity index is 1.77. The van der Waals surface area contributed by atoms with Gasteiger partial charge in [0.05, 0.1) is 6.04 Å². The van der Waals surface area contributed by atoms with Gasteiger partial charge in [0.25, 0.3) is 0 Å². The first-order valence-corrected chi connectivity index (χ1v) is 7.95. The quantitative estimate of drug-likeness (QED) is 0.849. The van der Waals surface area contributed by atoms with E-state index < -0.39 is 5.60 Å². The average molecular weight is 328 g/mol. The van der Waals surface area contributed by atoms with Gasteiger partial charge in [-0.05, 0) is 51.1 Å². The molecule has 0 aromatic heterocycles. The maximum Gasteiger partial charge on any atom is 0.319 e. The van der Waals surface area contributed by atoms with E-state index in [1.165, 1.54) is 12.1 Å².